The number of hydrogen-bond donors (Lipinski definition) is 1. The fourth-order valence-corrected chi connectivity index (χ4v) is 5.24. The van der Waals surface area contributed by atoms with Crippen molar-refractivity contribution in [1.82, 2.24) is 4.90 Å². The first-order valence-corrected chi connectivity index (χ1v) is 12.9. The van der Waals surface area contributed by atoms with E-state index in [0.717, 1.165) is 48.6 Å². The number of anilines is 2. The Morgan fingerprint density at radius 2 is 1.57 bits per heavy atom. The molecular weight excluding hydrogens is 462 g/mol. The second-order valence-electron chi connectivity index (χ2n) is 9.97. The number of nitrogens with zero attached hydrogens (tertiary/aromatic N) is 3. The van der Waals surface area contributed by atoms with Gasteiger partial charge < -0.3 is 14.9 Å². The number of rotatable bonds is 7. The van der Waals surface area contributed by atoms with Crippen LogP contribution in [0.3, 0.4) is 0 Å². The largest absolute Gasteiger partial charge is 0.503 e. The molecule has 0 radical (unpaired) electrons. The molecule has 1 unspecified atom stereocenters. The first kappa shape index (κ1) is 24.8. The smallest absolute Gasteiger partial charge is 0.294 e. The summed E-state index contributed by atoms with van der Waals surface area (Å²) in [5.74, 6) is -1.20. The molecule has 0 spiro atoms. The summed E-state index contributed by atoms with van der Waals surface area (Å²) in [5.41, 5.74) is 4.82. The molecule has 0 aromatic heterocycles. The van der Waals surface area contributed by atoms with Crippen LogP contribution in [0.2, 0.25) is 0 Å². The molecule has 1 fully saturated rings. The van der Waals surface area contributed by atoms with Crippen LogP contribution in [0.1, 0.15) is 29.2 Å². The topological polar surface area (TPSA) is 64.1 Å². The van der Waals surface area contributed by atoms with Crippen LogP contribution >= 0.6 is 0 Å². The number of carbonyl (C=O) groups excluding carboxylic acids is 2. The van der Waals surface area contributed by atoms with Gasteiger partial charge in [-0.3, -0.25) is 14.5 Å². The lowest BCUT2D eigenvalue weighted by atomic mass is 9.92. The third kappa shape index (κ3) is 5.16. The van der Waals surface area contributed by atoms with Gasteiger partial charge in [0, 0.05) is 44.0 Å². The maximum atomic E-state index is 13.5. The van der Waals surface area contributed by atoms with Crippen molar-refractivity contribution in [3.05, 3.63) is 107 Å². The predicted octanol–water partition coefficient (Wildman–Crippen LogP) is 4.85. The van der Waals surface area contributed by atoms with Gasteiger partial charge in [0.2, 0.25) is 0 Å². The summed E-state index contributed by atoms with van der Waals surface area (Å²) < 4.78 is 0. The zero-order valence-electron chi connectivity index (χ0n) is 21.4. The molecule has 6 nitrogen and oxygen atoms in total. The molecule has 2 heterocycles. The molecule has 2 aliphatic rings. The highest BCUT2D eigenvalue weighted by Gasteiger charge is 2.44. The minimum Gasteiger partial charge on any atom is -0.503 e. The quantitative estimate of drug-likeness (QED) is 0.508. The normalized spacial score (nSPS) is 18.5. The highest BCUT2D eigenvalue weighted by atomic mass is 16.3. The molecule has 2 aliphatic heterocycles. The molecule has 1 N–H and O–H groups in total. The van der Waals surface area contributed by atoms with E-state index in [1.165, 1.54) is 0 Å². The van der Waals surface area contributed by atoms with E-state index >= 15 is 0 Å². The second-order valence-corrected chi connectivity index (χ2v) is 9.97. The highest BCUT2D eigenvalue weighted by Crippen LogP contribution is 2.42. The monoisotopic (exact) mass is 495 g/mol. The van der Waals surface area contributed by atoms with Crippen molar-refractivity contribution in [3.8, 4) is 0 Å². The van der Waals surface area contributed by atoms with Crippen LogP contribution in [0.15, 0.2) is 90.2 Å². The van der Waals surface area contributed by atoms with E-state index in [1.54, 1.807) is 4.90 Å². The van der Waals surface area contributed by atoms with Gasteiger partial charge in [-0.1, -0.05) is 60.2 Å². The second kappa shape index (κ2) is 10.6. The first-order valence-electron chi connectivity index (χ1n) is 12.9. The number of aryl methyl sites for hydroxylation is 2. The van der Waals surface area contributed by atoms with Gasteiger partial charge in [0.1, 0.15) is 0 Å². The summed E-state index contributed by atoms with van der Waals surface area (Å²) in [6, 6.07) is 24.8. The Bertz CT molecular complexity index is 1310. The highest BCUT2D eigenvalue weighted by molar-refractivity contribution is 6.16. The lowest BCUT2D eigenvalue weighted by Crippen LogP contribution is -2.44. The van der Waals surface area contributed by atoms with Crippen molar-refractivity contribution < 1.29 is 14.7 Å². The molecule has 3 aromatic rings. The summed E-state index contributed by atoms with van der Waals surface area (Å²) in [5, 5.41) is 11.0. The van der Waals surface area contributed by atoms with Gasteiger partial charge in [0.15, 0.2) is 11.5 Å². The van der Waals surface area contributed by atoms with Crippen molar-refractivity contribution in [2.24, 2.45) is 0 Å². The zero-order chi connectivity index (χ0) is 25.9. The van der Waals surface area contributed by atoms with Crippen molar-refractivity contribution in [2.75, 3.05) is 43.0 Å². The Kier molecular flexibility index (Phi) is 7.10. The number of carbonyl (C=O) groups is 2. The summed E-state index contributed by atoms with van der Waals surface area (Å²) in [7, 11) is 2.13. The van der Waals surface area contributed by atoms with Crippen molar-refractivity contribution in [1.29, 1.82) is 0 Å². The first-order chi connectivity index (χ1) is 17.9. The van der Waals surface area contributed by atoms with E-state index in [9.17, 15) is 14.7 Å². The van der Waals surface area contributed by atoms with Gasteiger partial charge in [0.25, 0.3) is 5.91 Å². The van der Waals surface area contributed by atoms with E-state index in [2.05, 4.69) is 16.8 Å². The van der Waals surface area contributed by atoms with Crippen LogP contribution in [-0.2, 0) is 16.0 Å². The van der Waals surface area contributed by atoms with Crippen LogP contribution in [0, 0.1) is 6.92 Å². The number of Topliss-reactive ketones (excluding diaryl/α,β-unsaturated/α-hetero) is 1. The average molecular weight is 496 g/mol. The number of aliphatic hydroxyl groups is 1. The maximum Gasteiger partial charge on any atom is 0.294 e. The molecule has 5 rings (SSSR count). The number of hydrogen-bond acceptors (Lipinski definition) is 5. The SMILES string of the molecule is Cc1cccc(C2C(C(=O)CCc3ccccc3)=C(O)C(=O)N2c2ccc(N3CCN(C)CC3)cc2)c1. The van der Waals surface area contributed by atoms with Crippen molar-refractivity contribution in [3.63, 3.8) is 0 Å². The van der Waals surface area contributed by atoms with E-state index < -0.39 is 17.7 Å². The fourth-order valence-electron chi connectivity index (χ4n) is 5.24. The van der Waals surface area contributed by atoms with Gasteiger partial charge in [0.05, 0.1) is 11.6 Å². The summed E-state index contributed by atoms with van der Waals surface area (Å²) in [4.78, 5) is 33.1. The number of benzene rings is 3. The van der Waals surface area contributed by atoms with Gasteiger partial charge in [-0.05, 0) is 55.8 Å². The van der Waals surface area contributed by atoms with Crippen LogP contribution in [0.5, 0.6) is 0 Å². The molecular formula is C31H33N3O3. The summed E-state index contributed by atoms with van der Waals surface area (Å²) >= 11 is 0. The van der Waals surface area contributed by atoms with Crippen molar-refractivity contribution in [2.45, 2.75) is 25.8 Å². The Balaban J connectivity index is 1.45. The Hall–Kier alpha value is -3.90. The molecule has 37 heavy (non-hydrogen) atoms. The molecule has 1 atom stereocenters. The minimum atomic E-state index is -0.676. The molecule has 6 heteroatoms. The molecule has 0 saturated carbocycles. The standard InChI is InChI=1S/C31H33N3O3/c1-22-7-6-10-24(21-22)29-28(27(35)16-11-23-8-4-3-5-9-23)30(36)31(37)34(29)26-14-12-25(13-15-26)33-19-17-32(2)18-20-33/h3-10,12-15,21,29,36H,11,16-20H2,1-2H3. The number of piperazine rings is 1. The minimum absolute atomic E-state index is 0.176. The molecule has 190 valence electrons. The summed E-state index contributed by atoms with van der Waals surface area (Å²) in [6.07, 6.45) is 0.764. The Labute approximate surface area is 218 Å². The molecule has 1 saturated heterocycles. The lowest BCUT2D eigenvalue weighted by molar-refractivity contribution is -0.118. The number of ketones is 1. The van der Waals surface area contributed by atoms with Crippen LogP contribution in [0.4, 0.5) is 11.4 Å². The maximum absolute atomic E-state index is 13.5. The lowest BCUT2D eigenvalue weighted by Gasteiger charge is -2.34. The average Bonchev–Trinajstić information content (AvgIpc) is 3.19. The Morgan fingerprint density at radius 3 is 2.24 bits per heavy atom. The van der Waals surface area contributed by atoms with Gasteiger partial charge in [-0.25, -0.2) is 0 Å². The Morgan fingerprint density at radius 1 is 0.892 bits per heavy atom. The number of aliphatic hydroxyl groups excluding tert-OH is 1. The van der Waals surface area contributed by atoms with Gasteiger partial charge in [-0.2, -0.15) is 0 Å². The van der Waals surface area contributed by atoms with E-state index in [-0.39, 0.29) is 17.8 Å². The van der Waals surface area contributed by atoms with E-state index in [1.807, 2.05) is 85.8 Å². The fraction of sp³-hybridized carbons (Fsp3) is 0.290. The van der Waals surface area contributed by atoms with Gasteiger partial charge in [-0.15, -0.1) is 0 Å². The number of amides is 1. The van der Waals surface area contributed by atoms with Crippen molar-refractivity contribution >= 4 is 23.1 Å². The third-order valence-electron chi connectivity index (χ3n) is 7.35. The van der Waals surface area contributed by atoms with Gasteiger partial charge >= 0.3 is 0 Å². The van der Waals surface area contributed by atoms with Crippen LogP contribution in [-0.4, -0.2) is 54.9 Å². The van der Waals surface area contributed by atoms with E-state index in [0.29, 0.717) is 12.1 Å². The van der Waals surface area contributed by atoms with Crippen LogP contribution < -0.4 is 9.80 Å². The van der Waals surface area contributed by atoms with Crippen LogP contribution in [0.25, 0.3) is 0 Å². The number of likely N-dealkylation sites (N-methyl/N-ethyl adjacent to an activating group) is 1. The summed E-state index contributed by atoms with van der Waals surface area (Å²) in [6.45, 7) is 5.90. The predicted molar refractivity (Wildman–Crippen MR) is 147 cm³/mol. The molecule has 1 amide bonds. The molecule has 0 aliphatic carbocycles. The molecule has 0 bridgehead atoms. The zero-order valence-corrected chi connectivity index (χ0v) is 21.4. The third-order valence-corrected chi connectivity index (χ3v) is 7.35. The van der Waals surface area contributed by atoms with E-state index in [4.69, 9.17) is 0 Å². The molecule has 3 aromatic carbocycles.